The van der Waals surface area contributed by atoms with E-state index in [2.05, 4.69) is 15.4 Å². The van der Waals surface area contributed by atoms with Crippen molar-refractivity contribution in [1.29, 1.82) is 0 Å². The first-order valence-electron chi connectivity index (χ1n) is 9.06. The minimum absolute atomic E-state index is 0.0405. The number of hydrogen-bond acceptors (Lipinski definition) is 5. The van der Waals surface area contributed by atoms with Gasteiger partial charge in [-0.2, -0.15) is 18.3 Å². The number of carbonyl (C=O) groups excluding carboxylic acids is 1. The van der Waals surface area contributed by atoms with Crippen molar-refractivity contribution in [2.45, 2.75) is 19.5 Å². The van der Waals surface area contributed by atoms with Crippen LogP contribution in [0.5, 0.6) is 0 Å². The van der Waals surface area contributed by atoms with Crippen molar-refractivity contribution >= 4 is 11.7 Å². The lowest BCUT2D eigenvalue weighted by Crippen LogP contribution is -2.19. The third kappa shape index (κ3) is 3.43. The lowest BCUT2D eigenvalue weighted by molar-refractivity contribution is -0.143. The van der Waals surface area contributed by atoms with E-state index in [1.807, 2.05) is 18.2 Å². The molecule has 1 aromatic carbocycles. The maximum absolute atomic E-state index is 13.7. The van der Waals surface area contributed by atoms with Crippen LogP contribution in [0.3, 0.4) is 0 Å². The highest BCUT2D eigenvalue weighted by atomic mass is 19.4. The Hall–Kier alpha value is -3.36. The summed E-state index contributed by atoms with van der Waals surface area (Å²) in [4.78, 5) is 16.4. The second-order valence-electron chi connectivity index (χ2n) is 6.43. The molecule has 0 atom stereocenters. The normalized spacial score (nSPS) is 13.1. The molecule has 0 amide bonds. The number of nitrogens with zero attached hydrogens (tertiary/aromatic N) is 3. The lowest BCUT2D eigenvalue weighted by Gasteiger charge is -2.13. The van der Waals surface area contributed by atoms with Gasteiger partial charge in [-0.15, -0.1) is 0 Å². The van der Waals surface area contributed by atoms with Crippen LogP contribution in [0.4, 0.5) is 18.9 Å². The maximum atomic E-state index is 13.7. The lowest BCUT2D eigenvalue weighted by atomic mass is 10.0. The minimum Gasteiger partial charge on any atom is -0.462 e. The Bertz CT molecular complexity index is 1080. The Kier molecular flexibility index (Phi) is 4.73. The van der Waals surface area contributed by atoms with Gasteiger partial charge in [0.25, 0.3) is 0 Å². The summed E-state index contributed by atoms with van der Waals surface area (Å²) in [5.74, 6) is -1.12. The predicted molar refractivity (Wildman–Crippen MR) is 99.9 cm³/mol. The molecule has 0 radical (unpaired) electrons. The second-order valence-corrected chi connectivity index (χ2v) is 6.43. The molecule has 150 valence electrons. The average molecular weight is 402 g/mol. The van der Waals surface area contributed by atoms with E-state index in [1.165, 1.54) is 13.0 Å². The Morgan fingerprint density at radius 2 is 2.03 bits per heavy atom. The number of anilines is 1. The first kappa shape index (κ1) is 19.0. The van der Waals surface area contributed by atoms with Gasteiger partial charge in [-0.25, -0.2) is 14.5 Å². The van der Waals surface area contributed by atoms with Crippen molar-refractivity contribution in [3.05, 3.63) is 59.4 Å². The number of hydrogen-bond donors (Lipinski definition) is 1. The number of ether oxygens (including phenoxy) is 1. The van der Waals surface area contributed by atoms with Gasteiger partial charge in [0.2, 0.25) is 0 Å². The molecule has 0 saturated heterocycles. The van der Waals surface area contributed by atoms with Crippen LogP contribution >= 0.6 is 0 Å². The number of benzene rings is 1. The summed E-state index contributed by atoms with van der Waals surface area (Å²) in [6, 6.07) is 10.5. The standard InChI is InChI=1S/C20H17F3N4O2/c1-2-29-19(28)14-11-25-27(18(14)20(21,22)23)16-8-4-7-15(26-16)13-6-3-5-12-9-10-24-17(12)13/h3-8,11,24H,2,9-10H2,1H3. The van der Waals surface area contributed by atoms with Crippen molar-refractivity contribution in [1.82, 2.24) is 14.8 Å². The fourth-order valence-electron chi connectivity index (χ4n) is 3.40. The van der Waals surface area contributed by atoms with Crippen molar-refractivity contribution < 1.29 is 22.7 Å². The first-order valence-corrected chi connectivity index (χ1v) is 9.06. The first-order chi connectivity index (χ1) is 13.9. The molecule has 6 nitrogen and oxygen atoms in total. The van der Waals surface area contributed by atoms with E-state index in [0.29, 0.717) is 10.4 Å². The summed E-state index contributed by atoms with van der Waals surface area (Å²) in [5, 5.41) is 7.07. The van der Waals surface area contributed by atoms with Gasteiger partial charge < -0.3 is 10.1 Å². The van der Waals surface area contributed by atoms with Gasteiger partial charge in [0.1, 0.15) is 5.56 Å². The van der Waals surface area contributed by atoms with Gasteiger partial charge in [-0.05, 0) is 31.0 Å². The number of fused-ring (bicyclic) bond motifs is 1. The number of aromatic nitrogens is 3. The molecule has 1 N–H and O–H groups in total. The molecule has 0 spiro atoms. The molecule has 1 aliphatic heterocycles. The number of esters is 1. The third-order valence-electron chi connectivity index (χ3n) is 4.61. The largest absolute Gasteiger partial charge is 0.462 e. The van der Waals surface area contributed by atoms with E-state index in [9.17, 15) is 18.0 Å². The van der Waals surface area contributed by atoms with E-state index < -0.39 is 23.4 Å². The molecule has 0 saturated carbocycles. The third-order valence-corrected chi connectivity index (χ3v) is 4.61. The fraction of sp³-hybridized carbons (Fsp3) is 0.250. The van der Waals surface area contributed by atoms with E-state index >= 15 is 0 Å². The quantitative estimate of drug-likeness (QED) is 0.666. The highest BCUT2D eigenvalue weighted by Crippen LogP contribution is 2.36. The second kappa shape index (κ2) is 7.23. The predicted octanol–water partition coefficient (Wildman–Crippen LogP) is 4.10. The Morgan fingerprint density at radius 3 is 2.79 bits per heavy atom. The molecule has 3 aromatic rings. The van der Waals surface area contributed by atoms with Gasteiger partial charge >= 0.3 is 12.1 Å². The number of para-hydroxylation sites is 1. The Labute approximate surface area is 164 Å². The van der Waals surface area contributed by atoms with Crippen LogP contribution in [-0.4, -0.2) is 33.9 Å². The van der Waals surface area contributed by atoms with E-state index in [0.717, 1.165) is 36.0 Å². The van der Waals surface area contributed by atoms with Crippen LogP contribution < -0.4 is 5.32 Å². The monoisotopic (exact) mass is 402 g/mol. The molecule has 2 aromatic heterocycles. The van der Waals surface area contributed by atoms with Crippen LogP contribution in [0, 0.1) is 0 Å². The minimum atomic E-state index is -4.81. The number of carbonyl (C=O) groups is 1. The molecule has 29 heavy (non-hydrogen) atoms. The van der Waals surface area contributed by atoms with Crippen molar-refractivity contribution in [2.75, 3.05) is 18.5 Å². The zero-order chi connectivity index (χ0) is 20.6. The molecule has 1 aliphatic rings. The molecule has 9 heteroatoms. The number of rotatable bonds is 4. The van der Waals surface area contributed by atoms with Gasteiger partial charge in [-0.3, -0.25) is 0 Å². The zero-order valence-electron chi connectivity index (χ0n) is 15.5. The molecule has 0 bridgehead atoms. The molecule has 0 fully saturated rings. The molecule has 0 unspecified atom stereocenters. The summed E-state index contributed by atoms with van der Waals surface area (Å²) in [6.45, 7) is 2.28. The smallest absolute Gasteiger partial charge is 0.434 e. The van der Waals surface area contributed by atoms with Crippen LogP contribution in [-0.2, 0) is 17.3 Å². The van der Waals surface area contributed by atoms with E-state index in [4.69, 9.17) is 4.74 Å². The van der Waals surface area contributed by atoms with Crippen LogP contribution in [0.15, 0.2) is 42.6 Å². The SMILES string of the molecule is CCOC(=O)c1cnn(-c2cccc(-c3cccc4c3NCC4)n2)c1C(F)(F)F. The summed E-state index contributed by atoms with van der Waals surface area (Å²) < 4.78 is 46.5. The highest BCUT2D eigenvalue weighted by molar-refractivity contribution is 5.90. The topological polar surface area (TPSA) is 69.0 Å². The van der Waals surface area contributed by atoms with Crippen LogP contribution in [0.1, 0.15) is 28.5 Å². The fourth-order valence-corrected chi connectivity index (χ4v) is 3.40. The molecular formula is C20H17F3N4O2. The Balaban J connectivity index is 1.82. The average Bonchev–Trinajstić information content (AvgIpc) is 3.35. The van der Waals surface area contributed by atoms with Gasteiger partial charge in [0.15, 0.2) is 11.5 Å². The number of nitrogens with one attached hydrogen (secondary N) is 1. The zero-order valence-corrected chi connectivity index (χ0v) is 15.5. The number of alkyl halides is 3. The maximum Gasteiger partial charge on any atom is 0.434 e. The number of halogens is 3. The van der Waals surface area contributed by atoms with E-state index in [-0.39, 0.29) is 12.4 Å². The summed E-state index contributed by atoms with van der Waals surface area (Å²) in [5.41, 5.74) is 1.52. The molecule has 4 rings (SSSR count). The summed E-state index contributed by atoms with van der Waals surface area (Å²) in [7, 11) is 0. The van der Waals surface area contributed by atoms with Gasteiger partial charge in [-0.1, -0.05) is 24.3 Å². The highest BCUT2D eigenvalue weighted by Gasteiger charge is 2.41. The van der Waals surface area contributed by atoms with Crippen LogP contribution in [0.2, 0.25) is 0 Å². The van der Waals surface area contributed by atoms with Gasteiger partial charge in [0.05, 0.1) is 18.5 Å². The Morgan fingerprint density at radius 1 is 1.24 bits per heavy atom. The van der Waals surface area contributed by atoms with Crippen molar-refractivity contribution in [3.63, 3.8) is 0 Å². The van der Waals surface area contributed by atoms with E-state index in [1.54, 1.807) is 12.1 Å². The van der Waals surface area contributed by atoms with Crippen molar-refractivity contribution in [2.24, 2.45) is 0 Å². The van der Waals surface area contributed by atoms with Gasteiger partial charge in [0, 0.05) is 17.8 Å². The molecule has 3 heterocycles. The van der Waals surface area contributed by atoms with Crippen LogP contribution in [0.25, 0.3) is 17.1 Å². The number of pyridine rings is 1. The molecule has 0 aliphatic carbocycles. The molecular weight excluding hydrogens is 385 g/mol. The summed E-state index contributed by atoms with van der Waals surface area (Å²) >= 11 is 0. The van der Waals surface area contributed by atoms with Crippen molar-refractivity contribution in [3.8, 4) is 17.1 Å². The summed E-state index contributed by atoms with van der Waals surface area (Å²) in [6.07, 6.45) is -3.08.